The molecule has 0 aliphatic carbocycles. The number of rotatable bonds is 5. The highest BCUT2D eigenvalue weighted by atomic mass is 32.2. The molecule has 4 rings (SSSR count). The number of carbonyl (C=O) groups is 2. The highest BCUT2D eigenvalue weighted by molar-refractivity contribution is 7.89. The molecule has 2 heterocycles. The van der Waals surface area contributed by atoms with Gasteiger partial charge in [0, 0.05) is 30.4 Å². The van der Waals surface area contributed by atoms with Crippen LogP contribution in [0.3, 0.4) is 0 Å². The number of benzene rings is 2. The summed E-state index contributed by atoms with van der Waals surface area (Å²) in [5.74, 6) is -1.60. The number of amides is 1. The van der Waals surface area contributed by atoms with Gasteiger partial charge in [-0.3, -0.25) is 14.6 Å². The van der Waals surface area contributed by atoms with Gasteiger partial charge in [0.1, 0.15) is 0 Å². The van der Waals surface area contributed by atoms with E-state index >= 15 is 0 Å². The highest BCUT2D eigenvalue weighted by Crippen LogP contribution is 2.26. The summed E-state index contributed by atoms with van der Waals surface area (Å²) in [6, 6.07) is 10.8. The number of sulfonamides is 1. The molecule has 31 heavy (non-hydrogen) atoms. The van der Waals surface area contributed by atoms with Crippen molar-refractivity contribution in [1.82, 2.24) is 9.29 Å². The number of aromatic nitrogens is 1. The van der Waals surface area contributed by atoms with E-state index in [4.69, 9.17) is 4.42 Å². The minimum Gasteiger partial charge on any atom is -0.408 e. The van der Waals surface area contributed by atoms with Gasteiger partial charge in [0.15, 0.2) is 11.4 Å². The molecule has 1 aliphatic heterocycles. The van der Waals surface area contributed by atoms with Gasteiger partial charge in [0.05, 0.1) is 16.3 Å². The molecule has 1 saturated heterocycles. The van der Waals surface area contributed by atoms with Crippen molar-refractivity contribution < 1.29 is 22.4 Å². The van der Waals surface area contributed by atoms with Crippen LogP contribution in [0.2, 0.25) is 0 Å². The number of anilines is 1. The van der Waals surface area contributed by atoms with Gasteiger partial charge in [0.25, 0.3) is 0 Å². The van der Waals surface area contributed by atoms with Crippen LogP contribution in [0.4, 0.5) is 5.69 Å². The zero-order valence-electron chi connectivity index (χ0n) is 16.8. The summed E-state index contributed by atoms with van der Waals surface area (Å²) in [6.45, 7) is 1.78. The lowest BCUT2D eigenvalue weighted by Gasteiger charge is -2.31. The largest absolute Gasteiger partial charge is 0.417 e. The van der Waals surface area contributed by atoms with E-state index in [-0.39, 0.29) is 28.7 Å². The third kappa shape index (κ3) is 4.30. The summed E-state index contributed by atoms with van der Waals surface area (Å²) in [5, 5.41) is 2.78. The number of hydrogen-bond donors (Lipinski definition) is 2. The number of aromatic amines is 1. The minimum absolute atomic E-state index is 0.00188. The van der Waals surface area contributed by atoms with Crippen LogP contribution in [0.1, 0.15) is 30.1 Å². The summed E-state index contributed by atoms with van der Waals surface area (Å²) in [6.07, 6.45) is 1.09. The topological polar surface area (TPSA) is 130 Å². The molecule has 1 fully saturated rings. The summed E-state index contributed by atoms with van der Waals surface area (Å²) in [4.78, 5) is 38.1. The van der Waals surface area contributed by atoms with Gasteiger partial charge in [-0.1, -0.05) is 12.1 Å². The number of nitrogens with one attached hydrogen (secondary N) is 2. The van der Waals surface area contributed by atoms with Crippen LogP contribution in [0.5, 0.6) is 0 Å². The Kier molecular flexibility index (Phi) is 5.50. The molecule has 2 N–H and O–H groups in total. The fourth-order valence-corrected chi connectivity index (χ4v) is 5.21. The lowest BCUT2D eigenvalue weighted by molar-refractivity contribution is -0.120. The molecule has 1 amide bonds. The Balaban J connectivity index is 1.51. The molecule has 1 aromatic heterocycles. The Labute approximate surface area is 178 Å². The van der Waals surface area contributed by atoms with Crippen molar-refractivity contribution in [2.24, 2.45) is 5.92 Å². The first kappa shape index (κ1) is 21.0. The van der Waals surface area contributed by atoms with Crippen LogP contribution < -0.4 is 11.1 Å². The Morgan fingerprint density at radius 1 is 1.19 bits per heavy atom. The highest BCUT2D eigenvalue weighted by Gasteiger charge is 2.33. The second-order valence-electron chi connectivity index (χ2n) is 7.50. The van der Waals surface area contributed by atoms with Crippen LogP contribution in [0.15, 0.2) is 56.6 Å². The van der Waals surface area contributed by atoms with Crippen molar-refractivity contribution in [2.75, 3.05) is 18.4 Å². The predicted molar refractivity (Wildman–Crippen MR) is 113 cm³/mol. The number of H-pyrrole nitrogens is 1. The van der Waals surface area contributed by atoms with Crippen molar-refractivity contribution in [2.45, 2.75) is 24.7 Å². The molecule has 0 spiro atoms. The van der Waals surface area contributed by atoms with Crippen molar-refractivity contribution in [1.29, 1.82) is 0 Å². The second kappa shape index (κ2) is 8.12. The molecular weight excluding hydrogens is 422 g/mol. The smallest absolute Gasteiger partial charge is 0.408 e. The fourth-order valence-electron chi connectivity index (χ4n) is 3.67. The third-order valence-corrected chi connectivity index (χ3v) is 7.18. The molecule has 0 bridgehead atoms. The average molecular weight is 443 g/mol. The monoisotopic (exact) mass is 443 g/mol. The average Bonchev–Trinajstić information content (AvgIpc) is 3.13. The van der Waals surface area contributed by atoms with Gasteiger partial charge >= 0.3 is 5.76 Å². The van der Waals surface area contributed by atoms with Crippen LogP contribution >= 0.6 is 0 Å². The summed E-state index contributed by atoms with van der Waals surface area (Å²) in [7, 11) is -3.87. The maximum atomic E-state index is 13.1. The standard InChI is InChI=1S/C21H21N3O6S/c1-13(25)14-4-2-6-16(10-14)22-20(26)15-5-3-9-24(12-15)31(28,29)17-7-8-18-19(11-17)30-21(27)23-18/h2,4,6-8,10-11,15H,3,5,9,12H2,1H3,(H,22,26)(H,23,27)/t15-/m1/s1. The normalized spacial score (nSPS) is 17.5. The minimum atomic E-state index is -3.87. The molecule has 0 radical (unpaired) electrons. The number of fused-ring (bicyclic) bond motifs is 1. The predicted octanol–water partition coefficient (Wildman–Crippen LogP) is 2.36. The van der Waals surface area contributed by atoms with E-state index in [1.807, 2.05) is 0 Å². The molecular formula is C21H21N3O6S. The van der Waals surface area contributed by atoms with Crippen molar-refractivity contribution in [3.05, 3.63) is 58.6 Å². The van der Waals surface area contributed by atoms with Crippen LogP contribution in [0, 0.1) is 5.92 Å². The summed E-state index contributed by atoms with van der Waals surface area (Å²) in [5.41, 5.74) is 1.54. The first-order valence-electron chi connectivity index (χ1n) is 9.79. The Bertz CT molecular complexity index is 1320. The van der Waals surface area contributed by atoms with Gasteiger partial charge in [-0.15, -0.1) is 0 Å². The van der Waals surface area contributed by atoms with Crippen molar-refractivity contribution in [3.63, 3.8) is 0 Å². The second-order valence-corrected chi connectivity index (χ2v) is 9.44. The molecule has 2 aromatic carbocycles. The first-order chi connectivity index (χ1) is 14.7. The molecule has 10 heteroatoms. The number of hydrogen-bond acceptors (Lipinski definition) is 6. The fraction of sp³-hybridized carbons (Fsp3) is 0.286. The van der Waals surface area contributed by atoms with Crippen LogP contribution in [-0.4, -0.2) is 42.5 Å². The van der Waals surface area contributed by atoms with Crippen LogP contribution in [-0.2, 0) is 14.8 Å². The molecule has 1 atom stereocenters. The van der Waals surface area contributed by atoms with E-state index in [1.165, 1.54) is 29.4 Å². The van der Waals surface area contributed by atoms with E-state index in [0.717, 1.165) is 0 Å². The zero-order chi connectivity index (χ0) is 22.2. The molecule has 162 valence electrons. The number of piperidine rings is 1. The zero-order valence-corrected chi connectivity index (χ0v) is 17.6. The maximum absolute atomic E-state index is 13.1. The van der Waals surface area contributed by atoms with Crippen molar-refractivity contribution >= 4 is 38.5 Å². The first-order valence-corrected chi connectivity index (χ1v) is 11.2. The van der Waals surface area contributed by atoms with E-state index in [0.29, 0.717) is 36.2 Å². The molecule has 0 saturated carbocycles. The SMILES string of the molecule is CC(=O)c1cccc(NC(=O)[C@@H]2CCCN(S(=O)(=O)c3ccc4[nH]c(=O)oc4c3)C2)c1. The Hall–Kier alpha value is -3.24. The van der Waals surface area contributed by atoms with Gasteiger partial charge in [-0.25, -0.2) is 13.2 Å². The van der Waals surface area contributed by atoms with Crippen molar-refractivity contribution in [3.8, 4) is 0 Å². The molecule has 1 aliphatic rings. The Morgan fingerprint density at radius 2 is 2.00 bits per heavy atom. The maximum Gasteiger partial charge on any atom is 0.417 e. The quantitative estimate of drug-likeness (QED) is 0.583. The summed E-state index contributed by atoms with van der Waals surface area (Å²) >= 11 is 0. The number of carbonyl (C=O) groups excluding carboxylic acids is 2. The third-order valence-electron chi connectivity index (χ3n) is 5.32. The lowest BCUT2D eigenvalue weighted by atomic mass is 9.98. The van der Waals surface area contributed by atoms with Gasteiger partial charge in [0.2, 0.25) is 15.9 Å². The van der Waals surface area contributed by atoms with Gasteiger partial charge in [-0.05, 0) is 44.0 Å². The molecule has 3 aromatic rings. The van der Waals surface area contributed by atoms with Gasteiger partial charge < -0.3 is 9.73 Å². The summed E-state index contributed by atoms with van der Waals surface area (Å²) < 4.78 is 32.5. The number of oxazole rings is 1. The number of ketones is 1. The number of Topliss-reactive ketones (excluding diaryl/α,β-unsaturated/α-hetero) is 1. The lowest BCUT2D eigenvalue weighted by Crippen LogP contribution is -2.43. The Morgan fingerprint density at radius 3 is 2.77 bits per heavy atom. The molecule has 0 unspecified atom stereocenters. The van der Waals surface area contributed by atoms with Crippen LogP contribution in [0.25, 0.3) is 11.1 Å². The van der Waals surface area contributed by atoms with Gasteiger partial charge in [-0.2, -0.15) is 4.31 Å². The number of nitrogens with zero attached hydrogens (tertiary/aromatic N) is 1. The van der Waals surface area contributed by atoms with E-state index in [1.54, 1.807) is 24.3 Å². The van der Waals surface area contributed by atoms with E-state index in [9.17, 15) is 22.8 Å². The van der Waals surface area contributed by atoms with E-state index in [2.05, 4.69) is 10.3 Å². The van der Waals surface area contributed by atoms with E-state index < -0.39 is 21.7 Å². The molecule has 9 nitrogen and oxygen atoms in total.